The number of ether oxygens (including phenoxy) is 1. The number of nitrogens with one attached hydrogen (secondary N) is 1. The van der Waals surface area contributed by atoms with E-state index in [2.05, 4.69) is 42.2 Å². The standard InChI is InChI=1S/C25H19Br2ClN2O2S/c1-14-9-18(10-15(2)23(14)27)29-25-30-24(31)22(33-25)12-16-7-8-21(19(26)11-16)32-13-17-5-3-4-6-20(17)28/h3-12H,13H2,1-2H3,(H,29,30,31)/b22-12-. The number of carbonyl (C=O) groups is 1. The number of amides is 1. The Bertz CT molecular complexity index is 1280. The van der Waals surface area contributed by atoms with Gasteiger partial charge in [0, 0.05) is 15.1 Å². The number of rotatable bonds is 5. The fraction of sp³-hybridized carbons (Fsp3) is 0.120. The molecule has 4 rings (SSSR count). The van der Waals surface area contributed by atoms with Crippen LogP contribution in [-0.2, 0) is 11.4 Å². The smallest absolute Gasteiger partial charge is 0.264 e. The largest absolute Gasteiger partial charge is 0.488 e. The molecule has 168 valence electrons. The molecule has 3 aromatic rings. The first-order chi connectivity index (χ1) is 15.8. The third-order valence-corrected chi connectivity index (χ3v) is 8.05. The maximum atomic E-state index is 12.5. The van der Waals surface area contributed by atoms with Gasteiger partial charge in [0.25, 0.3) is 5.91 Å². The summed E-state index contributed by atoms with van der Waals surface area (Å²) in [6.45, 7) is 4.41. The zero-order valence-corrected chi connectivity index (χ0v) is 22.5. The van der Waals surface area contributed by atoms with Crippen molar-refractivity contribution in [3.63, 3.8) is 0 Å². The van der Waals surface area contributed by atoms with Gasteiger partial charge in [0.1, 0.15) is 12.4 Å². The second kappa shape index (κ2) is 10.5. The van der Waals surface area contributed by atoms with Gasteiger partial charge in [0.2, 0.25) is 0 Å². The lowest BCUT2D eigenvalue weighted by atomic mass is 10.1. The molecule has 0 unspecified atom stereocenters. The molecule has 0 atom stereocenters. The Morgan fingerprint density at radius 3 is 2.52 bits per heavy atom. The van der Waals surface area contributed by atoms with Crippen LogP contribution in [0.2, 0.25) is 5.02 Å². The van der Waals surface area contributed by atoms with E-state index in [0.717, 1.165) is 36.9 Å². The van der Waals surface area contributed by atoms with Crippen LogP contribution in [0.4, 0.5) is 5.69 Å². The van der Waals surface area contributed by atoms with Crippen LogP contribution in [0, 0.1) is 13.8 Å². The summed E-state index contributed by atoms with van der Waals surface area (Å²) in [6.07, 6.45) is 1.84. The second-order valence-corrected chi connectivity index (χ2v) is 10.5. The van der Waals surface area contributed by atoms with Gasteiger partial charge in [-0.25, -0.2) is 4.99 Å². The molecule has 1 aliphatic heterocycles. The normalized spacial score (nSPS) is 15.8. The van der Waals surface area contributed by atoms with E-state index in [1.807, 2.05) is 74.5 Å². The summed E-state index contributed by atoms with van der Waals surface area (Å²) in [7, 11) is 0. The SMILES string of the molecule is Cc1cc(N=C2NC(=O)/C(=C/c3ccc(OCc4ccccc4Cl)c(Br)c3)S2)cc(C)c1Br. The van der Waals surface area contributed by atoms with Gasteiger partial charge in [0.15, 0.2) is 5.17 Å². The Morgan fingerprint density at radius 1 is 1.09 bits per heavy atom. The third-order valence-electron chi connectivity index (χ3n) is 4.90. The average Bonchev–Trinajstić information content (AvgIpc) is 3.11. The van der Waals surface area contributed by atoms with Crippen LogP contribution < -0.4 is 10.1 Å². The van der Waals surface area contributed by atoms with Gasteiger partial charge in [-0.3, -0.25) is 4.79 Å². The fourth-order valence-corrected chi connectivity index (χ4v) is 5.00. The van der Waals surface area contributed by atoms with Crippen LogP contribution in [0.3, 0.4) is 0 Å². The third kappa shape index (κ3) is 5.90. The summed E-state index contributed by atoms with van der Waals surface area (Å²) in [5.41, 5.74) is 4.79. The second-order valence-electron chi connectivity index (χ2n) is 7.45. The molecular formula is C25H19Br2ClN2O2S. The summed E-state index contributed by atoms with van der Waals surface area (Å²) in [6, 6.07) is 17.2. The minimum atomic E-state index is -0.167. The van der Waals surface area contributed by atoms with Crippen LogP contribution in [0.15, 0.2) is 73.4 Å². The van der Waals surface area contributed by atoms with Crippen LogP contribution in [0.5, 0.6) is 5.75 Å². The summed E-state index contributed by atoms with van der Waals surface area (Å²) >= 11 is 14.6. The first-order valence-corrected chi connectivity index (χ1v) is 12.8. The number of aryl methyl sites for hydroxylation is 2. The number of amidine groups is 1. The highest BCUT2D eigenvalue weighted by molar-refractivity contribution is 9.10. The molecule has 1 fully saturated rings. The molecule has 0 bridgehead atoms. The topological polar surface area (TPSA) is 50.7 Å². The van der Waals surface area contributed by atoms with Gasteiger partial charge < -0.3 is 10.1 Å². The lowest BCUT2D eigenvalue weighted by molar-refractivity contribution is -0.115. The zero-order chi connectivity index (χ0) is 23.5. The summed E-state index contributed by atoms with van der Waals surface area (Å²) < 4.78 is 7.76. The predicted octanol–water partition coefficient (Wildman–Crippen LogP) is 7.95. The Labute approximate surface area is 218 Å². The maximum Gasteiger partial charge on any atom is 0.264 e. The molecular weight excluding hydrogens is 588 g/mol. The van der Waals surface area contributed by atoms with Crippen LogP contribution in [-0.4, -0.2) is 11.1 Å². The molecule has 1 amide bonds. The first kappa shape index (κ1) is 24.1. The number of hydrogen-bond acceptors (Lipinski definition) is 4. The highest BCUT2D eigenvalue weighted by Gasteiger charge is 2.24. The Balaban J connectivity index is 1.48. The molecule has 0 saturated carbocycles. The van der Waals surface area contributed by atoms with E-state index >= 15 is 0 Å². The minimum absolute atomic E-state index is 0.167. The zero-order valence-electron chi connectivity index (χ0n) is 17.8. The van der Waals surface area contributed by atoms with Crippen LogP contribution in [0.25, 0.3) is 6.08 Å². The van der Waals surface area contributed by atoms with Gasteiger partial charge in [-0.2, -0.15) is 0 Å². The van der Waals surface area contributed by atoms with Gasteiger partial charge in [-0.05, 0) is 94.6 Å². The molecule has 33 heavy (non-hydrogen) atoms. The van der Waals surface area contributed by atoms with Crippen molar-refractivity contribution < 1.29 is 9.53 Å². The van der Waals surface area contributed by atoms with Crippen LogP contribution in [0.1, 0.15) is 22.3 Å². The molecule has 0 radical (unpaired) electrons. The minimum Gasteiger partial charge on any atom is -0.488 e. The van der Waals surface area contributed by atoms with E-state index in [4.69, 9.17) is 16.3 Å². The molecule has 0 aliphatic carbocycles. The Morgan fingerprint density at radius 2 is 1.82 bits per heavy atom. The van der Waals surface area contributed by atoms with Crippen molar-refractivity contribution in [1.82, 2.24) is 5.32 Å². The molecule has 1 N–H and O–H groups in total. The number of nitrogens with zero attached hydrogens (tertiary/aromatic N) is 1. The average molecular weight is 607 g/mol. The summed E-state index contributed by atoms with van der Waals surface area (Å²) in [5, 5.41) is 4.07. The molecule has 8 heteroatoms. The van der Waals surface area contributed by atoms with Crippen molar-refractivity contribution in [2.45, 2.75) is 20.5 Å². The molecule has 1 heterocycles. The van der Waals surface area contributed by atoms with E-state index < -0.39 is 0 Å². The van der Waals surface area contributed by atoms with E-state index in [1.165, 1.54) is 11.8 Å². The van der Waals surface area contributed by atoms with E-state index in [0.29, 0.717) is 27.5 Å². The highest BCUT2D eigenvalue weighted by Crippen LogP contribution is 2.33. The lowest BCUT2D eigenvalue weighted by Gasteiger charge is -2.10. The van der Waals surface area contributed by atoms with Crippen molar-refractivity contribution >= 4 is 78.1 Å². The number of carbonyl (C=O) groups excluding carboxylic acids is 1. The first-order valence-electron chi connectivity index (χ1n) is 10.0. The molecule has 1 aliphatic rings. The maximum absolute atomic E-state index is 12.5. The van der Waals surface area contributed by atoms with E-state index in [1.54, 1.807) is 0 Å². The number of benzene rings is 3. The molecule has 0 aromatic heterocycles. The fourth-order valence-electron chi connectivity index (χ4n) is 3.23. The summed E-state index contributed by atoms with van der Waals surface area (Å²) in [4.78, 5) is 17.7. The number of halogens is 3. The van der Waals surface area contributed by atoms with Gasteiger partial charge in [-0.1, -0.05) is 51.8 Å². The van der Waals surface area contributed by atoms with Crippen molar-refractivity contribution in [2.75, 3.05) is 0 Å². The van der Waals surface area contributed by atoms with Crippen molar-refractivity contribution in [3.8, 4) is 5.75 Å². The van der Waals surface area contributed by atoms with E-state index in [9.17, 15) is 4.79 Å². The predicted molar refractivity (Wildman–Crippen MR) is 144 cm³/mol. The lowest BCUT2D eigenvalue weighted by Crippen LogP contribution is -2.19. The molecule has 0 spiro atoms. The summed E-state index contributed by atoms with van der Waals surface area (Å²) in [5.74, 6) is 0.531. The van der Waals surface area contributed by atoms with Gasteiger partial charge in [0.05, 0.1) is 15.1 Å². The monoisotopic (exact) mass is 604 g/mol. The van der Waals surface area contributed by atoms with Gasteiger partial charge in [-0.15, -0.1) is 0 Å². The van der Waals surface area contributed by atoms with Crippen molar-refractivity contribution in [2.24, 2.45) is 4.99 Å². The van der Waals surface area contributed by atoms with Crippen molar-refractivity contribution in [1.29, 1.82) is 0 Å². The number of thioether (sulfide) groups is 1. The Kier molecular flexibility index (Phi) is 7.64. The Hall–Kier alpha value is -2.06. The van der Waals surface area contributed by atoms with E-state index in [-0.39, 0.29) is 5.91 Å². The number of hydrogen-bond donors (Lipinski definition) is 1. The van der Waals surface area contributed by atoms with Gasteiger partial charge >= 0.3 is 0 Å². The van der Waals surface area contributed by atoms with Crippen LogP contribution >= 0.6 is 55.2 Å². The molecule has 3 aromatic carbocycles. The van der Waals surface area contributed by atoms with Crippen molar-refractivity contribution in [3.05, 3.63) is 95.7 Å². The molecule has 4 nitrogen and oxygen atoms in total. The molecule has 1 saturated heterocycles. The highest BCUT2D eigenvalue weighted by atomic mass is 79.9. The number of aliphatic imine (C=N–C) groups is 1. The quantitative estimate of drug-likeness (QED) is 0.300.